The Balaban J connectivity index is 1.87. The molecule has 2 heterocycles. The largest absolute Gasteiger partial charge is 0.358 e. The van der Waals surface area contributed by atoms with Crippen molar-refractivity contribution in [3.05, 3.63) is 0 Å². The van der Waals surface area contributed by atoms with E-state index in [4.69, 9.17) is 9.47 Å². The molecule has 0 saturated carbocycles. The van der Waals surface area contributed by atoms with Gasteiger partial charge in [0.25, 0.3) is 0 Å². The Kier molecular flexibility index (Phi) is 2.19. The monoisotopic (exact) mass is 220 g/mol. The van der Waals surface area contributed by atoms with Crippen molar-refractivity contribution in [1.29, 1.82) is 0 Å². The minimum absolute atomic E-state index is 0.0712. The van der Waals surface area contributed by atoms with E-state index in [0.29, 0.717) is 0 Å². The van der Waals surface area contributed by atoms with Crippen LogP contribution in [0.1, 0.15) is 27.7 Å². The van der Waals surface area contributed by atoms with Crippen molar-refractivity contribution in [2.75, 3.05) is 13.2 Å². The van der Waals surface area contributed by atoms with Gasteiger partial charge in [0, 0.05) is 0 Å². The molecule has 2 rings (SSSR count). The molecule has 2 saturated heterocycles. The van der Waals surface area contributed by atoms with Crippen LogP contribution in [0.4, 0.5) is 0 Å². The summed E-state index contributed by atoms with van der Waals surface area (Å²) in [4.78, 5) is 0.142. The van der Waals surface area contributed by atoms with Crippen LogP contribution in [0.15, 0.2) is 0 Å². The van der Waals surface area contributed by atoms with E-state index >= 15 is 0 Å². The normalized spacial score (nSPS) is 43.4. The number of rotatable bonds is 4. The molecule has 4 heteroatoms. The van der Waals surface area contributed by atoms with Gasteiger partial charge in [-0.3, -0.25) is 0 Å². The Hall–Kier alpha value is 0.620. The van der Waals surface area contributed by atoms with Gasteiger partial charge in [0.15, 0.2) is 0 Å². The van der Waals surface area contributed by atoms with Gasteiger partial charge in [-0.25, -0.2) is 0 Å². The van der Waals surface area contributed by atoms with E-state index < -0.39 is 0 Å². The van der Waals surface area contributed by atoms with Crippen molar-refractivity contribution in [2.24, 2.45) is 0 Å². The molecule has 76 valence electrons. The van der Waals surface area contributed by atoms with Gasteiger partial charge < -0.3 is 9.47 Å². The molecule has 0 aromatic heterocycles. The molecule has 0 aromatic rings. The first-order valence-electron chi connectivity index (χ1n) is 4.51. The second-order valence-corrected chi connectivity index (χ2v) is 8.88. The first kappa shape index (κ1) is 10.1. The van der Waals surface area contributed by atoms with Crippen LogP contribution in [0.3, 0.4) is 0 Å². The molecule has 2 unspecified atom stereocenters. The van der Waals surface area contributed by atoms with Gasteiger partial charge in [0.1, 0.15) is 9.87 Å². The highest BCUT2D eigenvalue weighted by Crippen LogP contribution is 2.56. The quantitative estimate of drug-likeness (QED) is 0.537. The molecule has 2 fully saturated rings. The fraction of sp³-hybridized carbons (Fsp3) is 1.00. The summed E-state index contributed by atoms with van der Waals surface area (Å²) in [7, 11) is 0. The first-order valence-corrected chi connectivity index (χ1v) is 6.14. The zero-order chi connectivity index (χ0) is 9.74. The third-order valence-electron chi connectivity index (χ3n) is 2.03. The summed E-state index contributed by atoms with van der Waals surface area (Å²) in [6.07, 6.45) is 0. The van der Waals surface area contributed by atoms with Crippen molar-refractivity contribution in [3.63, 3.8) is 0 Å². The number of ether oxygens (including phenoxy) is 2. The van der Waals surface area contributed by atoms with Gasteiger partial charge in [-0.15, -0.1) is 23.5 Å². The maximum absolute atomic E-state index is 5.38. The molecule has 2 aliphatic heterocycles. The van der Waals surface area contributed by atoms with Crippen molar-refractivity contribution >= 4 is 23.5 Å². The molecule has 2 atom stereocenters. The minimum Gasteiger partial charge on any atom is -0.358 e. The minimum atomic E-state index is 0.0712. The highest BCUT2D eigenvalue weighted by molar-refractivity contribution is 8.19. The summed E-state index contributed by atoms with van der Waals surface area (Å²) >= 11 is 3.80. The molecule has 0 radical (unpaired) electrons. The molecule has 0 aliphatic carbocycles. The van der Waals surface area contributed by atoms with E-state index in [1.807, 2.05) is 23.5 Å². The zero-order valence-corrected chi connectivity index (χ0v) is 10.2. The smallest absolute Gasteiger partial charge is 0.135 e. The standard InChI is InChI=1S/C9H16O2S2/c1-7(2,12-8(3)5-10-8)13-9(4)6-11-9/h5-6H2,1-4H3. The van der Waals surface area contributed by atoms with Gasteiger partial charge in [0.2, 0.25) is 0 Å². The molecule has 0 aromatic carbocycles. The van der Waals surface area contributed by atoms with Gasteiger partial charge in [-0.05, 0) is 27.7 Å². The van der Waals surface area contributed by atoms with Crippen LogP contribution < -0.4 is 0 Å². The molecule has 0 amide bonds. The lowest BCUT2D eigenvalue weighted by molar-refractivity contribution is 0.398. The molecule has 0 bridgehead atoms. The Morgan fingerprint density at radius 2 is 1.31 bits per heavy atom. The Labute approximate surface area is 88.1 Å². The fourth-order valence-electron chi connectivity index (χ4n) is 1.38. The van der Waals surface area contributed by atoms with Gasteiger partial charge >= 0.3 is 0 Å². The van der Waals surface area contributed by atoms with E-state index in [2.05, 4.69) is 27.7 Å². The molecule has 0 spiro atoms. The van der Waals surface area contributed by atoms with Crippen LogP contribution >= 0.6 is 23.5 Å². The lowest BCUT2D eigenvalue weighted by Crippen LogP contribution is -2.20. The summed E-state index contributed by atoms with van der Waals surface area (Å²) in [6, 6.07) is 0. The summed E-state index contributed by atoms with van der Waals surface area (Å²) in [6.45, 7) is 10.6. The topological polar surface area (TPSA) is 25.1 Å². The van der Waals surface area contributed by atoms with Crippen molar-refractivity contribution in [2.45, 2.75) is 41.6 Å². The van der Waals surface area contributed by atoms with Crippen LogP contribution in [0.5, 0.6) is 0 Å². The predicted molar refractivity (Wildman–Crippen MR) is 58.0 cm³/mol. The zero-order valence-electron chi connectivity index (χ0n) is 8.55. The predicted octanol–water partition coefficient (Wildman–Crippen LogP) is 2.68. The lowest BCUT2D eigenvalue weighted by Gasteiger charge is -2.27. The number of epoxide rings is 2. The Bertz CT molecular complexity index is 198. The Morgan fingerprint density at radius 3 is 1.54 bits per heavy atom. The number of hydrogen-bond donors (Lipinski definition) is 0. The fourth-order valence-corrected chi connectivity index (χ4v) is 5.04. The van der Waals surface area contributed by atoms with Crippen LogP contribution in [-0.4, -0.2) is 27.2 Å². The average molecular weight is 220 g/mol. The maximum atomic E-state index is 5.38. The lowest BCUT2D eigenvalue weighted by atomic mass is 10.5. The molecule has 0 N–H and O–H groups in total. The SMILES string of the molecule is CC1(SC(C)(C)SC2(C)CO2)CO1. The molecule has 2 aliphatic rings. The van der Waals surface area contributed by atoms with Crippen molar-refractivity contribution in [3.8, 4) is 0 Å². The van der Waals surface area contributed by atoms with Gasteiger partial charge in [-0.2, -0.15) is 0 Å². The van der Waals surface area contributed by atoms with E-state index in [0.717, 1.165) is 13.2 Å². The molecular formula is C9H16O2S2. The Morgan fingerprint density at radius 1 is 1.00 bits per heavy atom. The molecule has 13 heavy (non-hydrogen) atoms. The second kappa shape index (κ2) is 2.81. The average Bonchev–Trinajstić information content (AvgIpc) is 2.74. The third-order valence-corrected chi connectivity index (χ3v) is 4.84. The van der Waals surface area contributed by atoms with E-state index in [-0.39, 0.29) is 13.9 Å². The summed E-state index contributed by atoms with van der Waals surface area (Å²) < 4.78 is 10.9. The van der Waals surface area contributed by atoms with Crippen LogP contribution in [0, 0.1) is 0 Å². The second-order valence-electron chi connectivity index (χ2n) is 4.45. The van der Waals surface area contributed by atoms with E-state index in [9.17, 15) is 0 Å². The third kappa shape index (κ3) is 2.78. The first-order chi connectivity index (χ1) is 5.83. The van der Waals surface area contributed by atoms with Crippen LogP contribution in [0.2, 0.25) is 0 Å². The highest BCUT2D eigenvalue weighted by Gasteiger charge is 2.50. The van der Waals surface area contributed by atoms with Gasteiger partial charge in [-0.1, -0.05) is 0 Å². The molecule has 2 nitrogen and oxygen atoms in total. The number of hydrogen-bond acceptors (Lipinski definition) is 4. The van der Waals surface area contributed by atoms with Crippen LogP contribution in [-0.2, 0) is 9.47 Å². The molecular weight excluding hydrogens is 204 g/mol. The maximum Gasteiger partial charge on any atom is 0.135 e. The summed E-state index contributed by atoms with van der Waals surface area (Å²) in [5.41, 5.74) is 0. The highest BCUT2D eigenvalue weighted by atomic mass is 32.2. The van der Waals surface area contributed by atoms with Crippen LogP contribution in [0.25, 0.3) is 0 Å². The summed E-state index contributed by atoms with van der Waals surface area (Å²) in [5, 5.41) is 0. The van der Waals surface area contributed by atoms with Crippen molar-refractivity contribution < 1.29 is 9.47 Å². The van der Waals surface area contributed by atoms with Gasteiger partial charge in [0.05, 0.1) is 17.3 Å². The van der Waals surface area contributed by atoms with E-state index in [1.54, 1.807) is 0 Å². The van der Waals surface area contributed by atoms with E-state index in [1.165, 1.54) is 0 Å². The number of thioether (sulfide) groups is 2. The van der Waals surface area contributed by atoms with Crippen molar-refractivity contribution in [1.82, 2.24) is 0 Å². The summed E-state index contributed by atoms with van der Waals surface area (Å²) in [5.74, 6) is 0.